The van der Waals surface area contributed by atoms with Crippen molar-refractivity contribution in [3.8, 4) is 0 Å². The molecular weight excluding hydrogens is 320 g/mol. The normalized spacial score (nSPS) is 10.7. The first-order chi connectivity index (χ1) is 11.5. The second kappa shape index (κ2) is 6.54. The van der Waals surface area contributed by atoms with E-state index < -0.39 is 0 Å². The molecule has 0 saturated heterocycles. The molecule has 3 aromatic carbocycles. The second-order valence-corrected chi connectivity index (χ2v) is 6.40. The highest BCUT2D eigenvalue weighted by atomic mass is 35.5. The number of rotatable bonds is 3. The fourth-order valence-electron chi connectivity index (χ4n) is 2.71. The van der Waals surface area contributed by atoms with Gasteiger partial charge in [0.1, 0.15) is 0 Å². The molecule has 3 rings (SSSR count). The molecule has 0 unspecified atom stereocenters. The van der Waals surface area contributed by atoms with Gasteiger partial charge in [-0.25, -0.2) is 0 Å². The molecule has 3 aromatic rings. The summed E-state index contributed by atoms with van der Waals surface area (Å²) in [5.41, 5.74) is 3.40. The fourth-order valence-corrected chi connectivity index (χ4v) is 2.89. The van der Waals surface area contributed by atoms with Crippen LogP contribution in [0.1, 0.15) is 15.9 Å². The Labute approximate surface area is 146 Å². The number of fused-ring (bicyclic) bond motifs is 1. The Kier molecular flexibility index (Phi) is 4.45. The third-order valence-electron chi connectivity index (χ3n) is 4.07. The highest BCUT2D eigenvalue weighted by molar-refractivity contribution is 6.31. The zero-order valence-electron chi connectivity index (χ0n) is 13.9. The number of hydrogen-bond donors (Lipinski definition) is 1. The molecule has 0 aliphatic rings. The van der Waals surface area contributed by atoms with Crippen LogP contribution in [0.5, 0.6) is 0 Å². The minimum Gasteiger partial charge on any atom is -0.377 e. The first-order valence-corrected chi connectivity index (χ1v) is 8.12. The van der Waals surface area contributed by atoms with Gasteiger partial charge in [0.2, 0.25) is 0 Å². The van der Waals surface area contributed by atoms with Gasteiger partial charge in [0.25, 0.3) is 5.91 Å². The maximum absolute atomic E-state index is 12.6. The summed E-state index contributed by atoms with van der Waals surface area (Å²) in [6.45, 7) is 1.91. The van der Waals surface area contributed by atoms with Crippen molar-refractivity contribution in [1.82, 2.24) is 0 Å². The van der Waals surface area contributed by atoms with Crippen LogP contribution in [0.3, 0.4) is 0 Å². The molecule has 0 spiro atoms. The molecule has 4 heteroatoms. The number of nitrogens with zero attached hydrogens (tertiary/aromatic N) is 1. The lowest BCUT2D eigenvalue weighted by Gasteiger charge is -2.18. The van der Waals surface area contributed by atoms with Crippen molar-refractivity contribution in [2.45, 2.75) is 6.92 Å². The van der Waals surface area contributed by atoms with Crippen molar-refractivity contribution in [2.75, 3.05) is 24.3 Å². The number of carbonyl (C=O) groups excluding carboxylic acids is 1. The fraction of sp³-hybridized carbons (Fsp3) is 0.150. The highest BCUT2D eigenvalue weighted by Crippen LogP contribution is 2.31. The van der Waals surface area contributed by atoms with Crippen LogP contribution in [-0.2, 0) is 0 Å². The molecule has 0 fully saturated rings. The van der Waals surface area contributed by atoms with Gasteiger partial charge >= 0.3 is 0 Å². The van der Waals surface area contributed by atoms with E-state index in [-0.39, 0.29) is 5.91 Å². The SMILES string of the molecule is Cc1ccc(C(=O)Nc2ccc(N(C)C)c3ccccc23)cc1Cl. The number of carbonyl (C=O) groups is 1. The Bertz CT molecular complexity index is 919. The van der Waals surface area contributed by atoms with Crippen LogP contribution < -0.4 is 10.2 Å². The van der Waals surface area contributed by atoms with Crippen molar-refractivity contribution in [3.63, 3.8) is 0 Å². The van der Waals surface area contributed by atoms with E-state index >= 15 is 0 Å². The summed E-state index contributed by atoms with van der Waals surface area (Å²) >= 11 is 6.13. The van der Waals surface area contributed by atoms with E-state index in [1.807, 2.05) is 57.4 Å². The van der Waals surface area contributed by atoms with Gasteiger partial charge in [-0.15, -0.1) is 0 Å². The van der Waals surface area contributed by atoms with Gasteiger partial charge < -0.3 is 10.2 Å². The largest absolute Gasteiger partial charge is 0.377 e. The lowest BCUT2D eigenvalue weighted by atomic mass is 10.1. The van der Waals surface area contributed by atoms with Crippen molar-refractivity contribution in [3.05, 3.63) is 70.7 Å². The van der Waals surface area contributed by atoms with Crippen LogP contribution >= 0.6 is 11.6 Å². The number of aryl methyl sites for hydroxylation is 1. The summed E-state index contributed by atoms with van der Waals surface area (Å²) in [5.74, 6) is -0.167. The van der Waals surface area contributed by atoms with Crippen LogP contribution in [0.2, 0.25) is 5.02 Å². The lowest BCUT2D eigenvalue weighted by molar-refractivity contribution is 0.102. The quantitative estimate of drug-likeness (QED) is 0.718. The monoisotopic (exact) mass is 338 g/mol. The number of nitrogens with one attached hydrogen (secondary N) is 1. The minimum atomic E-state index is -0.167. The Hall–Kier alpha value is -2.52. The van der Waals surface area contributed by atoms with Gasteiger partial charge in [-0.1, -0.05) is 41.9 Å². The maximum atomic E-state index is 12.6. The van der Waals surface area contributed by atoms with Gasteiger partial charge in [0.15, 0.2) is 0 Å². The average Bonchev–Trinajstić information content (AvgIpc) is 2.57. The molecule has 0 atom stereocenters. The molecule has 3 nitrogen and oxygen atoms in total. The summed E-state index contributed by atoms with van der Waals surface area (Å²) < 4.78 is 0. The highest BCUT2D eigenvalue weighted by Gasteiger charge is 2.12. The van der Waals surface area contributed by atoms with Gasteiger partial charge in [-0.05, 0) is 36.8 Å². The predicted molar refractivity (Wildman–Crippen MR) is 102 cm³/mol. The second-order valence-electron chi connectivity index (χ2n) is 5.99. The number of hydrogen-bond acceptors (Lipinski definition) is 2. The standard InChI is InChI=1S/C20H19ClN2O/c1-13-8-9-14(12-17(13)21)20(24)22-18-10-11-19(23(2)3)16-7-5-4-6-15(16)18/h4-12H,1-3H3,(H,22,24). The van der Waals surface area contributed by atoms with E-state index in [1.165, 1.54) is 0 Å². The number of amides is 1. The minimum absolute atomic E-state index is 0.167. The van der Waals surface area contributed by atoms with Crippen LogP contribution in [0.4, 0.5) is 11.4 Å². The molecule has 0 radical (unpaired) electrons. The Morgan fingerprint density at radius 2 is 1.71 bits per heavy atom. The zero-order valence-corrected chi connectivity index (χ0v) is 14.7. The molecule has 1 N–H and O–H groups in total. The van der Waals surface area contributed by atoms with E-state index in [0.717, 1.165) is 27.7 Å². The molecule has 122 valence electrons. The van der Waals surface area contributed by atoms with E-state index in [1.54, 1.807) is 12.1 Å². The van der Waals surface area contributed by atoms with Gasteiger partial charge in [-0.3, -0.25) is 4.79 Å². The van der Waals surface area contributed by atoms with Crippen LogP contribution in [0.25, 0.3) is 10.8 Å². The average molecular weight is 339 g/mol. The molecule has 0 heterocycles. The summed E-state index contributed by atoms with van der Waals surface area (Å²) in [7, 11) is 4.02. The smallest absolute Gasteiger partial charge is 0.255 e. The Morgan fingerprint density at radius 3 is 2.38 bits per heavy atom. The van der Waals surface area contributed by atoms with E-state index in [2.05, 4.69) is 16.3 Å². The van der Waals surface area contributed by atoms with Gasteiger partial charge in [0.05, 0.1) is 0 Å². The van der Waals surface area contributed by atoms with E-state index in [4.69, 9.17) is 11.6 Å². The van der Waals surface area contributed by atoms with Crippen molar-refractivity contribution < 1.29 is 4.79 Å². The van der Waals surface area contributed by atoms with Crippen LogP contribution in [0.15, 0.2) is 54.6 Å². The molecule has 0 aliphatic heterocycles. The molecule has 24 heavy (non-hydrogen) atoms. The number of halogens is 1. The topological polar surface area (TPSA) is 32.3 Å². The molecule has 0 saturated carbocycles. The third kappa shape index (κ3) is 3.08. The molecular formula is C20H19ClN2O. The maximum Gasteiger partial charge on any atom is 0.255 e. The van der Waals surface area contributed by atoms with Gasteiger partial charge in [0, 0.05) is 46.8 Å². The third-order valence-corrected chi connectivity index (χ3v) is 4.47. The van der Waals surface area contributed by atoms with Crippen LogP contribution in [-0.4, -0.2) is 20.0 Å². The summed E-state index contributed by atoms with van der Waals surface area (Å²) in [5, 5.41) is 5.70. The summed E-state index contributed by atoms with van der Waals surface area (Å²) in [6.07, 6.45) is 0. The molecule has 0 aromatic heterocycles. The molecule has 0 aliphatic carbocycles. The van der Waals surface area contributed by atoms with Gasteiger partial charge in [-0.2, -0.15) is 0 Å². The predicted octanol–water partition coefficient (Wildman–Crippen LogP) is 5.12. The molecule has 0 bridgehead atoms. The van der Waals surface area contributed by atoms with E-state index in [9.17, 15) is 4.79 Å². The van der Waals surface area contributed by atoms with Crippen molar-refractivity contribution in [1.29, 1.82) is 0 Å². The number of anilines is 2. The Balaban J connectivity index is 2.00. The Morgan fingerprint density at radius 1 is 1.00 bits per heavy atom. The van der Waals surface area contributed by atoms with Crippen molar-refractivity contribution in [2.24, 2.45) is 0 Å². The summed E-state index contributed by atoms with van der Waals surface area (Å²) in [4.78, 5) is 14.6. The first-order valence-electron chi connectivity index (χ1n) is 7.74. The van der Waals surface area contributed by atoms with Crippen LogP contribution in [0, 0.1) is 6.92 Å². The number of benzene rings is 3. The zero-order chi connectivity index (χ0) is 17.3. The lowest BCUT2D eigenvalue weighted by Crippen LogP contribution is -2.13. The summed E-state index contributed by atoms with van der Waals surface area (Å²) in [6, 6.07) is 17.3. The van der Waals surface area contributed by atoms with Crippen molar-refractivity contribution >= 4 is 39.7 Å². The van der Waals surface area contributed by atoms with E-state index in [0.29, 0.717) is 10.6 Å². The first kappa shape index (κ1) is 16.3. The molecule has 1 amide bonds.